The van der Waals surface area contributed by atoms with E-state index in [4.69, 9.17) is 11.6 Å². The Morgan fingerprint density at radius 1 is 1.09 bits per heavy atom. The van der Waals surface area contributed by atoms with Gasteiger partial charge in [0, 0.05) is 42.9 Å². The number of carbonyl (C=O) groups excluding carboxylic acids is 1. The zero-order valence-electron chi connectivity index (χ0n) is 19.0. The topological polar surface area (TPSA) is 72.9 Å². The van der Waals surface area contributed by atoms with Gasteiger partial charge in [0.05, 0.1) is 11.0 Å². The highest BCUT2D eigenvalue weighted by atomic mass is 35.5. The number of hydrogen-bond donors (Lipinski definition) is 2. The third-order valence-electron chi connectivity index (χ3n) is 8.82. The molecule has 5 aliphatic rings. The predicted molar refractivity (Wildman–Crippen MR) is 125 cm³/mol. The van der Waals surface area contributed by atoms with E-state index in [9.17, 15) is 14.7 Å². The van der Waals surface area contributed by atoms with Crippen molar-refractivity contribution in [2.75, 3.05) is 31.1 Å². The van der Waals surface area contributed by atoms with Crippen molar-refractivity contribution in [3.8, 4) is 0 Å². The molecule has 1 amide bonds. The smallest absolute Gasteiger partial charge is 0.309 e. The van der Waals surface area contributed by atoms with Crippen LogP contribution in [0, 0.1) is 23.2 Å². The number of rotatable bonds is 5. The van der Waals surface area contributed by atoms with Gasteiger partial charge in [-0.1, -0.05) is 17.7 Å². The van der Waals surface area contributed by atoms with E-state index in [0.29, 0.717) is 17.8 Å². The summed E-state index contributed by atoms with van der Waals surface area (Å²) in [7, 11) is 0. The van der Waals surface area contributed by atoms with Crippen molar-refractivity contribution >= 4 is 29.2 Å². The number of anilines is 1. The molecule has 2 unspecified atom stereocenters. The van der Waals surface area contributed by atoms with Crippen LogP contribution in [-0.2, 0) is 9.59 Å². The minimum Gasteiger partial charge on any atom is -0.481 e. The van der Waals surface area contributed by atoms with Crippen LogP contribution in [0.2, 0.25) is 5.02 Å². The Hall–Kier alpha value is -1.79. The second kappa shape index (κ2) is 7.91. The Bertz CT molecular complexity index is 895. The summed E-state index contributed by atoms with van der Waals surface area (Å²) >= 11 is 6.15. The molecule has 4 saturated carbocycles. The number of piperazine rings is 1. The maximum absolute atomic E-state index is 13.5. The molecular formula is C25H34ClN3O3. The number of halogens is 1. The van der Waals surface area contributed by atoms with Gasteiger partial charge in [-0.15, -0.1) is 0 Å². The van der Waals surface area contributed by atoms with Crippen molar-refractivity contribution in [1.82, 2.24) is 10.2 Å². The van der Waals surface area contributed by atoms with Crippen LogP contribution < -0.4 is 10.2 Å². The summed E-state index contributed by atoms with van der Waals surface area (Å²) in [6.07, 6.45) is 4.40. The minimum atomic E-state index is -0.625. The molecule has 0 aromatic heterocycles. The highest BCUT2D eigenvalue weighted by molar-refractivity contribution is 6.30. The summed E-state index contributed by atoms with van der Waals surface area (Å²) in [5.74, 6) is 0.577. The summed E-state index contributed by atoms with van der Waals surface area (Å²) in [5.41, 5.74) is -0.0101. The van der Waals surface area contributed by atoms with Crippen LogP contribution in [-0.4, -0.2) is 59.6 Å². The Labute approximate surface area is 195 Å². The molecule has 1 heterocycles. The van der Waals surface area contributed by atoms with E-state index < -0.39 is 16.9 Å². The molecule has 1 aliphatic heterocycles. The molecular weight excluding hydrogens is 426 g/mol. The summed E-state index contributed by atoms with van der Waals surface area (Å²) in [6, 6.07) is 8.05. The highest BCUT2D eigenvalue weighted by Crippen LogP contribution is 2.60. The van der Waals surface area contributed by atoms with Gasteiger partial charge >= 0.3 is 5.97 Å². The standard InChI is InChI=1S/C25H34ClN3O3/c1-24(2,29-8-6-28(7-9-29)20-5-3-4-19(26)12-20)22(30)27-21-17-10-16-11-18(21)15-25(13-16,14-17)23(31)32/h3-5,12,16-18,21H,6-11,13-15H2,1-2H3,(H,27,30)(H,31,32). The van der Waals surface area contributed by atoms with Gasteiger partial charge in [0.15, 0.2) is 0 Å². The first-order chi connectivity index (χ1) is 15.2. The lowest BCUT2D eigenvalue weighted by molar-refractivity contribution is -0.168. The molecule has 1 aromatic carbocycles. The maximum atomic E-state index is 13.5. The number of aliphatic carboxylic acids is 1. The highest BCUT2D eigenvalue weighted by Gasteiger charge is 2.59. The minimum absolute atomic E-state index is 0.0792. The Morgan fingerprint density at radius 2 is 1.75 bits per heavy atom. The molecule has 174 valence electrons. The van der Waals surface area contributed by atoms with Gasteiger partial charge in [-0.25, -0.2) is 0 Å². The summed E-state index contributed by atoms with van der Waals surface area (Å²) in [5, 5.41) is 14.0. The van der Waals surface area contributed by atoms with Crippen molar-refractivity contribution in [1.29, 1.82) is 0 Å². The van der Waals surface area contributed by atoms with Gasteiger partial charge in [-0.05, 0) is 81.9 Å². The average molecular weight is 460 g/mol. The van der Waals surface area contributed by atoms with Crippen LogP contribution in [0.4, 0.5) is 5.69 Å². The summed E-state index contributed by atoms with van der Waals surface area (Å²) in [4.78, 5) is 30.1. The second-order valence-electron chi connectivity index (χ2n) is 11.1. The lowest BCUT2D eigenvalue weighted by Gasteiger charge is -2.58. The molecule has 7 heteroatoms. The largest absolute Gasteiger partial charge is 0.481 e. The number of nitrogens with one attached hydrogen (secondary N) is 1. The van der Waals surface area contributed by atoms with E-state index in [2.05, 4.69) is 21.2 Å². The van der Waals surface area contributed by atoms with Gasteiger partial charge in [-0.3, -0.25) is 14.5 Å². The molecule has 6 nitrogen and oxygen atoms in total. The molecule has 32 heavy (non-hydrogen) atoms. The fraction of sp³-hybridized carbons (Fsp3) is 0.680. The summed E-state index contributed by atoms with van der Waals surface area (Å²) in [6.45, 7) is 7.38. The van der Waals surface area contributed by atoms with Crippen LogP contribution in [0.5, 0.6) is 0 Å². The lowest BCUT2D eigenvalue weighted by Crippen LogP contribution is -2.66. The number of benzene rings is 1. The number of carboxylic acids is 1. The van der Waals surface area contributed by atoms with Gasteiger partial charge < -0.3 is 15.3 Å². The van der Waals surface area contributed by atoms with Crippen molar-refractivity contribution in [3.63, 3.8) is 0 Å². The fourth-order valence-corrected chi connectivity index (χ4v) is 7.37. The first kappa shape index (κ1) is 22.0. The monoisotopic (exact) mass is 459 g/mol. The zero-order chi connectivity index (χ0) is 22.7. The van der Waals surface area contributed by atoms with Gasteiger partial charge in [0.2, 0.25) is 5.91 Å². The molecule has 0 radical (unpaired) electrons. The SMILES string of the molecule is CC(C)(C(=O)NC1C2CC3CC1CC(C(=O)O)(C3)C2)N1CCN(c2cccc(Cl)c2)CC1. The lowest BCUT2D eigenvalue weighted by atomic mass is 9.48. The number of amides is 1. The third-order valence-corrected chi connectivity index (χ3v) is 9.06. The number of hydrogen-bond acceptors (Lipinski definition) is 4. The summed E-state index contributed by atoms with van der Waals surface area (Å²) < 4.78 is 0. The van der Waals surface area contributed by atoms with Crippen molar-refractivity contribution in [2.24, 2.45) is 23.2 Å². The molecule has 2 N–H and O–H groups in total. The Kier molecular flexibility index (Phi) is 5.44. The van der Waals surface area contributed by atoms with Crippen molar-refractivity contribution < 1.29 is 14.7 Å². The zero-order valence-corrected chi connectivity index (χ0v) is 19.8. The average Bonchev–Trinajstić information content (AvgIpc) is 2.75. The van der Waals surface area contributed by atoms with Gasteiger partial charge in [0.1, 0.15) is 0 Å². The Morgan fingerprint density at radius 3 is 2.34 bits per heavy atom. The first-order valence-corrected chi connectivity index (χ1v) is 12.4. The van der Waals surface area contributed by atoms with Gasteiger partial charge in [0.25, 0.3) is 0 Å². The van der Waals surface area contributed by atoms with E-state index in [1.165, 1.54) is 0 Å². The van der Waals surface area contributed by atoms with Gasteiger partial charge in [-0.2, -0.15) is 0 Å². The van der Waals surface area contributed by atoms with Crippen molar-refractivity contribution in [3.05, 3.63) is 29.3 Å². The van der Waals surface area contributed by atoms with E-state index >= 15 is 0 Å². The number of carbonyl (C=O) groups is 2. The molecule has 4 aliphatic carbocycles. The molecule has 1 saturated heterocycles. The van der Waals surface area contributed by atoms with E-state index in [-0.39, 0.29) is 11.9 Å². The Balaban J connectivity index is 1.22. The molecule has 0 spiro atoms. The van der Waals surface area contributed by atoms with Crippen LogP contribution >= 0.6 is 11.6 Å². The van der Waals surface area contributed by atoms with Crippen molar-refractivity contribution in [2.45, 2.75) is 57.5 Å². The molecule has 2 atom stereocenters. The van der Waals surface area contributed by atoms with E-state index in [1.54, 1.807) is 0 Å². The predicted octanol–water partition coefficient (Wildman–Crippen LogP) is 3.64. The van der Waals surface area contributed by atoms with Crippen LogP contribution in [0.3, 0.4) is 0 Å². The second-order valence-corrected chi connectivity index (χ2v) is 11.5. The quantitative estimate of drug-likeness (QED) is 0.703. The molecule has 4 bridgehead atoms. The number of carboxylic acid groups (broad SMARTS) is 1. The van der Waals surface area contributed by atoms with Crippen LogP contribution in [0.25, 0.3) is 0 Å². The van der Waals surface area contributed by atoms with Crippen LogP contribution in [0.15, 0.2) is 24.3 Å². The molecule has 6 rings (SSSR count). The first-order valence-electron chi connectivity index (χ1n) is 12.0. The van der Waals surface area contributed by atoms with E-state index in [0.717, 1.165) is 69.0 Å². The third kappa shape index (κ3) is 3.69. The van der Waals surface area contributed by atoms with E-state index in [1.807, 2.05) is 32.0 Å². The molecule has 5 fully saturated rings. The molecule has 1 aromatic rings. The van der Waals surface area contributed by atoms with Crippen LogP contribution in [0.1, 0.15) is 46.0 Å². The maximum Gasteiger partial charge on any atom is 0.309 e. The number of nitrogens with zero attached hydrogens (tertiary/aromatic N) is 2. The fourth-order valence-electron chi connectivity index (χ4n) is 7.19. The normalized spacial score (nSPS) is 34.5.